The zero-order valence-corrected chi connectivity index (χ0v) is 18.3. The average molecular weight is 415 g/mol. The van der Waals surface area contributed by atoms with E-state index < -0.39 is 0 Å². The van der Waals surface area contributed by atoms with Crippen molar-refractivity contribution in [2.24, 2.45) is 5.92 Å². The van der Waals surface area contributed by atoms with E-state index in [-0.39, 0.29) is 11.9 Å². The molecular formula is C23H31ClN4O. The smallest absolute Gasteiger partial charge is 0.253 e. The fourth-order valence-electron chi connectivity index (χ4n) is 3.82. The van der Waals surface area contributed by atoms with Crippen molar-refractivity contribution in [1.29, 1.82) is 0 Å². The number of halogens is 1. The van der Waals surface area contributed by atoms with Gasteiger partial charge in [-0.2, -0.15) is 0 Å². The van der Waals surface area contributed by atoms with Crippen molar-refractivity contribution < 1.29 is 4.79 Å². The first kappa shape index (κ1) is 21.6. The molecule has 1 amide bonds. The van der Waals surface area contributed by atoms with Gasteiger partial charge in [0, 0.05) is 25.3 Å². The molecule has 0 radical (unpaired) electrons. The van der Waals surface area contributed by atoms with Gasteiger partial charge < -0.3 is 15.5 Å². The number of anilines is 1. The summed E-state index contributed by atoms with van der Waals surface area (Å²) in [5, 5.41) is 7.13. The molecule has 3 rings (SSSR count). The number of amides is 1. The molecule has 156 valence electrons. The maximum Gasteiger partial charge on any atom is 0.253 e. The van der Waals surface area contributed by atoms with Crippen LogP contribution in [0.4, 0.5) is 5.82 Å². The first-order chi connectivity index (χ1) is 13.9. The Bertz CT molecular complexity index is 814. The number of hydrogen-bond acceptors (Lipinski definition) is 4. The summed E-state index contributed by atoms with van der Waals surface area (Å²) in [6, 6.07) is 9.95. The lowest BCUT2D eigenvalue weighted by atomic mass is 9.86. The van der Waals surface area contributed by atoms with Crippen molar-refractivity contribution in [3.05, 3.63) is 58.2 Å². The quantitative estimate of drug-likeness (QED) is 0.700. The van der Waals surface area contributed by atoms with Gasteiger partial charge in [-0.15, -0.1) is 0 Å². The molecule has 5 nitrogen and oxygen atoms in total. The number of hydrogen-bond donors (Lipinski definition) is 2. The van der Waals surface area contributed by atoms with Crippen molar-refractivity contribution in [2.45, 2.75) is 45.2 Å². The number of rotatable bonds is 7. The highest BCUT2D eigenvalue weighted by Crippen LogP contribution is 2.25. The van der Waals surface area contributed by atoms with Gasteiger partial charge >= 0.3 is 0 Å². The Hall–Kier alpha value is -2.11. The van der Waals surface area contributed by atoms with Crippen LogP contribution < -0.4 is 10.6 Å². The number of aromatic nitrogens is 1. The van der Waals surface area contributed by atoms with Crippen molar-refractivity contribution in [1.82, 2.24) is 15.2 Å². The highest BCUT2D eigenvalue weighted by Gasteiger charge is 2.23. The van der Waals surface area contributed by atoms with Crippen LogP contribution in [-0.4, -0.2) is 42.5 Å². The van der Waals surface area contributed by atoms with Crippen LogP contribution >= 0.6 is 11.6 Å². The van der Waals surface area contributed by atoms with Gasteiger partial charge in [-0.25, -0.2) is 4.98 Å². The average Bonchev–Trinajstić information content (AvgIpc) is 2.70. The first-order valence-corrected chi connectivity index (χ1v) is 10.7. The number of pyridine rings is 1. The molecular weight excluding hydrogens is 384 g/mol. The van der Waals surface area contributed by atoms with Crippen LogP contribution in [0, 0.1) is 12.8 Å². The van der Waals surface area contributed by atoms with Crippen molar-refractivity contribution in [3.63, 3.8) is 0 Å². The normalized spacial score (nSPS) is 19.2. The monoisotopic (exact) mass is 414 g/mol. The molecule has 2 N–H and O–H groups in total. The van der Waals surface area contributed by atoms with Crippen LogP contribution in [0.25, 0.3) is 0 Å². The summed E-state index contributed by atoms with van der Waals surface area (Å²) in [4.78, 5) is 19.2. The number of nitrogens with one attached hydrogen (secondary N) is 2. The predicted octanol–water partition coefficient (Wildman–Crippen LogP) is 4.51. The number of benzene rings is 1. The molecule has 1 saturated carbocycles. The van der Waals surface area contributed by atoms with Crippen molar-refractivity contribution in [2.75, 3.05) is 26.0 Å². The molecule has 1 fully saturated rings. The van der Waals surface area contributed by atoms with Gasteiger partial charge in [-0.3, -0.25) is 4.79 Å². The van der Waals surface area contributed by atoms with Gasteiger partial charge in [0.2, 0.25) is 0 Å². The Morgan fingerprint density at radius 3 is 2.59 bits per heavy atom. The lowest BCUT2D eigenvalue weighted by Gasteiger charge is -2.29. The van der Waals surface area contributed by atoms with Gasteiger partial charge in [0.25, 0.3) is 5.91 Å². The number of nitrogens with zero attached hydrogens (tertiary/aromatic N) is 2. The Morgan fingerprint density at radius 2 is 1.93 bits per heavy atom. The second kappa shape index (κ2) is 10.1. The van der Waals surface area contributed by atoms with E-state index in [1.807, 2.05) is 25.3 Å². The van der Waals surface area contributed by atoms with Gasteiger partial charge in [0.05, 0.1) is 10.6 Å². The van der Waals surface area contributed by atoms with E-state index in [9.17, 15) is 4.79 Å². The van der Waals surface area contributed by atoms with Crippen LogP contribution in [0.15, 0.2) is 36.5 Å². The Balaban J connectivity index is 1.42. The van der Waals surface area contributed by atoms with Gasteiger partial charge in [-0.1, -0.05) is 29.3 Å². The zero-order valence-electron chi connectivity index (χ0n) is 17.5. The highest BCUT2D eigenvalue weighted by molar-refractivity contribution is 6.33. The maximum atomic E-state index is 12.6. The summed E-state index contributed by atoms with van der Waals surface area (Å²) in [6.45, 7) is 3.79. The van der Waals surface area contributed by atoms with Crippen molar-refractivity contribution in [3.8, 4) is 0 Å². The van der Waals surface area contributed by atoms with Crippen molar-refractivity contribution >= 4 is 23.3 Å². The minimum Gasteiger partial charge on any atom is -0.370 e. The molecule has 1 aliphatic rings. The molecule has 1 aromatic heterocycles. The van der Waals surface area contributed by atoms with E-state index in [1.165, 1.54) is 5.56 Å². The number of carbonyl (C=O) groups excluding carboxylic acids is 1. The van der Waals surface area contributed by atoms with Gasteiger partial charge in [0.1, 0.15) is 5.82 Å². The van der Waals surface area contributed by atoms with Crippen LogP contribution in [0.5, 0.6) is 0 Å². The summed E-state index contributed by atoms with van der Waals surface area (Å²) in [5.41, 5.74) is 2.82. The molecule has 1 heterocycles. The van der Waals surface area contributed by atoms with Gasteiger partial charge in [-0.05, 0) is 76.4 Å². The molecule has 6 heteroatoms. The van der Waals surface area contributed by atoms with E-state index in [1.54, 1.807) is 6.07 Å². The van der Waals surface area contributed by atoms with E-state index in [0.717, 1.165) is 50.2 Å². The fraction of sp³-hybridized carbons (Fsp3) is 0.478. The third-order valence-electron chi connectivity index (χ3n) is 5.44. The minimum absolute atomic E-state index is 0.0673. The molecule has 0 bridgehead atoms. The Labute approximate surface area is 178 Å². The number of aryl methyl sites for hydroxylation is 1. The van der Waals surface area contributed by atoms with E-state index in [0.29, 0.717) is 16.5 Å². The highest BCUT2D eigenvalue weighted by atomic mass is 35.5. The molecule has 0 spiro atoms. The first-order valence-electron chi connectivity index (χ1n) is 10.3. The van der Waals surface area contributed by atoms with Crippen LogP contribution in [0.3, 0.4) is 0 Å². The summed E-state index contributed by atoms with van der Waals surface area (Å²) < 4.78 is 0. The second-order valence-corrected chi connectivity index (χ2v) is 8.75. The van der Waals surface area contributed by atoms with E-state index in [2.05, 4.69) is 46.7 Å². The van der Waals surface area contributed by atoms with E-state index in [4.69, 9.17) is 11.6 Å². The predicted molar refractivity (Wildman–Crippen MR) is 120 cm³/mol. The van der Waals surface area contributed by atoms with Crippen LogP contribution in [0.1, 0.15) is 47.2 Å². The van der Waals surface area contributed by atoms with E-state index >= 15 is 0 Å². The third kappa shape index (κ3) is 6.44. The fourth-order valence-corrected chi connectivity index (χ4v) is 4.03. The molecule has 0 unspecified atom stereocenters. The molecule has 1 aliphatic carbocycles. The second-order valence-electron chi connectivity index (χ2n) is 8.34. The Morgan fingerprint density at radius 1 is 1.17 bits per heavy atom. The van der Waals surface area contributed by atoms with Crippen LogP contribution in [0.2, 0.25) is 5.02 Å². The lowest BCUT2D eigenvalue weighted by molar-refractivity contribution is 0.0923. The summed E-state index contributed by atoms with van der Waals surface area (Å²) in [6.07, 6.45) is 6.12. The molecule has 29 heavy (non-hydrogen) atoms. The minimum atomic E-state index is -0.0673. The molecule has 0 saturated heterocycles. The summed E-state index contributed by atoms with van der Waals surface area (Å²) >= 11 is 6.19. The summed E-state index contributed by atoms with van der Waals surface area (Å²) in [5.74, 6) is 1.47. The molecule has 0 aliphatic heterocycles. The van der Waals surface area contributed by atoms with Gasteiger partial charge in [0.15, 0.2) is 0 Å². The third-order valence-corrected chi connectivity index (χ3v) is 5.77. The topological polar surface area (TPSA) is 57.3 Å². The SMILES string of the molecule is Cc1ccc(Cl)c(C(=O)NC2CCC(CNc3ccc(CN(C)C)cn3)CC2)c1. The number of carbonyl (C=O) groups is 1. The molecule has 2 aromatic rings. The largest absolute Gasteiger partial charge is 0.370 e. The van der Waals surface area contributed by atoms with Crippen LogP contribution in [-0.2, 0) is 6.54 Å². The Kier molecular flexibility index (Phi) is 7.51. The molecule has 0 atom stereocenters. The zero-order chi connectivity index (χ0) is 20.8. The lowest BCUT2D eigenvalue weighted by Crippen LogP contribution is -2.38. The molecule has 1 aromatic carbocycles. The maximum absolute atomic E-state index is 12.6. The summed E-state index contributed by atoms with van der Waals surface area (Å²) in [7, 11) is 4.11. The standard InChI is InChI=1S/C23H31ClN4O/c1-16-4-10-21(24)20(12-16)23(29)27-19-8-5-17(6-9-19)13-25-22-11-7-18(14-26-22)15-28(2)3/h4,7,10-12,14,17,19H,5-6,8-9,13,15H2,1-3H3,(H,25,26)(H,27,29).